The van der Waals surface area contributed by atoms with Crippen LogP contribution in [0.2, 0.25) is 5.28 Å². The first-order chi connectivity index (χ1) is 4.33. The van der Waals surface area contributed by atoms with Crippen molar-refractivity contribution in [2.75, 3.05) is 6.26 Å². The number of aromatic nitrogens is 3. The molecule has 0 amide bonds. The van der Waals surface area contributed by atoms with Crippen molar-refractivity contribution in [1.82, 2.24) is 15.0 Å². The Morgan fingerprint density at radius 3 is 2.78 bits per heavy atom. The van der Waals surface area contributed by atoms with Gasteiger partial charge in [-0.1, -0.05) is 11.8 Å². The zero-order valence-electron chi connectivity index (χ0n) is 4.71. The van der Waals surface area contributed by atoms with E-state index in [4.69, 9.17) is 11.6 Å². The monoisotopic (exact) mass is 161 g/mol. The standard InChI is InChI=1S/C4H4ClN3S/c1-9-4-7-2-6-3(5)8-4/h2H,1H3. The molecule has 1 aromatic rings. The fourth-order valence-electron chi connectivity index (χ4n) is 0.361. The molecule has 0 fully saturated rings. The summed E-state index contributed by atoms with van der Waals surface area (Å²) in [5, 5.41) is 0.893. The highest BCUT2D eigenvalue weighted by atomic mass is 35.5. The fraction of sp³-hybridized carbons (Fsp3) is 0.250. The summed E-state index contributed by atoms with van der Waals surface area (Å²) < 4.78 is 0. The largest absolute Gasteiger partial charge is 0.226 e. The van der Waals surface area contributed by atoms with E-state index in [1.165, 1.54) is 18.1 Å². The number of rotatable bonds is 1. The van der Waals surface area contributed by atoms with Gasteiger partial charge >= 0.3 is 0 Å². The highest BCUT2D eigenvalue weighted by Gasteiger charge is 1.92. The van der Waals surface area contributed by atoms with E-state index >= 15 is 0 Å². The summed E-state index contributed by atoms with van der Waals surface area (Å²) in [6.07, 6.45) is 3.27. The second-order valence-corrected chi connectivity index (χ2v) is 2.35. The highest BCUT2D eigenvalue weighted by molar-refractivity contribution is 7.98. The average Bonchev–Trinajstić information content (AvgIpc) is 1.88. The lowest BCUT2D eigenvalue weighted by Gasteiger charge is -1.90. The van der Waals surface area contributed by atoms with E-state index < -0.39 is 0 Å². The van der Waals surface area contributed by atoms with Gasteiger partial charge in [-0.3, -0.25) is 0 Å². The second kappa shape index (κ2) is 2.98. The number of hydrogen-bond acceptors (Lipinski definition) is 4. The second-order valence-electron chi connectivity index (χ2n) is 1.24. The van der Waals surface area contributed by atoms with Crippen LogP contribution in [-0.4, -0.2) is 21.2 Å². The van der Waals surface area contributed by atoms with Crippen LogP contribution in [0.4, 0.5) is 0 Å². The molecule has 0 unspecified atom stereocenters. The number of hydrogen-bond donors (Lipinski definition) is 0. The van der Waals surface area contributed by atoms with Crippen LogP contribution >= 0.6 is 23.4 Å². The summed E-state index contributed by atoms with van der Waals surface area (Å²) in [6.45, 7) is 0. The lowest BCUT2D eigenvalue weighted by molar-refractivity contribution is 0.905. The predicted molar refractivity (Wildman–Crippen MR) is 36.6 cm³/mol. The van der Waals surface area contributed by atoms with Crippen LogP contribution in [0.25, 0.3) is 0 Å². The van der Waals surface area contributed by atoms with Crippen molar-refractivity contribution in [1.29, 1.82) is 0 Å². The van der Waals surface area contributed by atoms with Crippen molar-refractivity contribution in [3.05, 3.63) is 11.6 Å². The van der Waals surface area contributed by atoms with E-state index in [1.54, 1.807) is 0 Å². The van der Waals surface area contributed by atoms with Crippen molar-refractivity contribution in [3.63, 3.8) is 0 Å². The molecule has 0 spiro atoms. The molecule has 48 valence electrons. The summed E-state index contributed by atoms with van der Waals surface area (Å²) in [5.41, 5.74) is 0. The Morgan fingerprint density at radius 1 is 1.56 bits per heavy atom. The van der Waals surface area contributed by atoms with E-state index in [9.17, 15) is 0 Å². The molecule has 9 heavy (non-hydrogen) atoms. The number of nitrogens with zero attached hydrogens (tertiary/aromatic N) is 3. The molecule has 0 saturated heterocycles. The minimum absolute atomic E-state index is 0.245. The Morgan fingerprint density at radius 2 is 2.33 bits per heavy atom. The van der Waals surface area contributed by atoms with Crippen LogP contribution in [0.1, 0.15) is 0 Å². The Labute approximate surface area is 61.9 Å². The first kappa shape index (κ1) is 6.77. The number of thioether (sulfide) groups is 1. The minimum atomic E-state index is 0.245. The van der Waals surface area contributed by atoms with Gasteiger partial charge in [-0.15, -0.1) is 0 Å². The quantitative estimate of drug-likeness (QED) is 0.581. The van der Waals surface area contributed by atoms with Crippen LogP contribution in [-0.2, 0) is 0 Å². The number of halogens is 1. The molecule has 0 bridgehead atoms. The predicted octanol–water partition coefficient (Wildman–Crippen LogP) is 1.25. The molecule has 1 rings (SSSR count). The normalized spacial score (nSPS) is 9.56. The van der Waals surface area contributed by atoms with Gasteiger partial charge in [-0.05, 0) is 17.9 Å². The minimum Gasteiger partial charge on any atom is -0.211 e. The van der Waals surface area contributed by atoms with Gasteiger partial charge in [0.05, 0.1) is 0 Å². The fourth-order valence-corrected chi connectivity index (χ4v) is 0.865. The summed E-state index contributed by atoms with van der Waals surface area (Å²) in [7, 11) is 0. The first-order valence-corrected chi connectivity index (χ1v) is 3.81. The molecule has 0 aliphatic rings. The van der Waals surface area contributed by atoms with Crippen LogP contribution in [0.5, 0.6) is 0 Å². The lowest BCUT2D eigenvalue weighted by Crippen LogP contribution is -1.86. The lowest BCUT2D eigenvalue weighted by atomic mass is 11.1. The van der Waals surface area contributed by atoms with E-state index in [0.717, 1.165) is 0 Å². The summed E-state index contributed by atoms with van der Waals surface area (Å²) in [6, 6.07) is 0. The van der Waals surface area contributed by atoms with Gasteiger partial charge in [-0.25, -0.2) is 9.97 Å². The summed E-state index contributed by atoms with van der Waals surface area (Å²) in [5.74, 6) is 0. The molecule has 0 N–H and O–H groups in total. The van der Waals surface area contributed by atoms with Crippen LogP contribution in [0.15, 0.2) is 11.5 Å². The van der Waals surface area contributed by atoms with Crippen molar-refractivity contribution in [3.8, 4) is 0 Å². The molecule has 1 aromatic heterocycles. The third-order valence-corrected chi connectivity index (χ3v) is 1.45. The van der Waals surface area contributed by atoms with Gasteiger partial charge in [0.25, 0.3) is 0 Å². The average molecular weight is 162 g/mol. The molecule has 0 atom stereocenters. The van der Waals surface area contributed by atoms with Crippen LogP contribution in [0.3, 0.4) is 0 Å². The SMILES string of the molecule is CSc1ncnc(Cl)n1. The third-order valence-electron chi connectivity index (χ3n) is 0.703. The Kier molecular flexibility index (Phi) is 2.24. The van der Waals surface area contributed by atoms with Gasteiger partial charge in [0, 0.05) is 0 Å². The molecular formula is C4H4ClN3S. The van der Waals surface area contributed by atoms with Crippen molar-refractivity contribution >= 4 is 23.4 Å². The molecule has 5 heteroatoms. The smallest absolute Gasteiger partial charge is 0.211 e. The van der Waals surface area contributed by atoms with Crippen LogP contribution < -0.4 is 0 Å². The maximum Gasteiger partial charge on any atom is 0.226 e. The zero-order valence-corrected chi connectivity index (χ0v) is 6.28. The molecular weight excluding hydrogens is 158 g/mol. The first-order valence-electron chi connectivity index (χ1n) is 2.21. The van der Waals surface area contributed by atoms with Gasteiger partial charge < -0.3 is 0 Å². The zero-order chi connectivity index (χ0) is 6.69. The maximum absolute atomic E-state index is 5.45. The molecule has 0 radical (unpaired) electrons. The molecule has 0 aliphatic carbocycles. The van der Waals surface area contributed by atoms with Gasteiger partial charge in [0.2, 0.25) is 5.28 Å². The Bertz CT molecular complexity index is 205. The van der Waals surface area contributed by atoms with Gasteiger partial charge in [-0.2, -0.15) is 4.98 Å². The van der Waals surface area contributed by atoms with Gasteiger partial charge in [0.1, 0.15) is 6.33 Å². The topological polar surface area (TPSA) is 38.7 Å². The molecule has 3 nitrogen and oxygen atoms in total. The molecule has 0 aromatic carbocycles. The maximum atomic E-state index is 5.45. The Balaban J connectivity index is 2.94. The van der Waals surface area contributed by atoms with Crippen molar-refractivity contribution in [2.24, 2.45) is 0 Å². The van der Waals surface area contributed by atoms with E-state index in [-0.39, 0.29) is 5.28 Å². The summed E-state index contributed by atoms with van der Waals surface area (Å²) >= 11 is 6.88. The molecule has 0 saturated carbocycles. The van der Waals surface area contributed by atoms with Crippen LogP contribution in [0, 0.1) is 0 Å². The molecule has 1 heterocycles. The van der Waals surface area contributed by atoms with E-state index in [0.29, 0.717) is 5.16 Å². The van der Waals surface area contributed by atoms with E-state index in [2.05, 4.69) is 15.0 Å². The highest BCUT2D eigenvalue weighted by Crippen LogP contribution is 2.07. The third kappa shape index (κ3) is 1.80. The summed E-state index contributed by atoms with van der Waals surface area (Å²) in [4.78, 5) is 11.2. The van der Waals surface area contributed by atoms with Crippen molar-refractivity contribution in [2.45, 2.75) is 5.16 Å². The van der Waals surface area contributed by atoms with Crippen molar-refractivity contribution < 1.29 is 0 Å². The van der Waals surface area contributed by atoms with E-state index in [1.807, 2.05) is 6.26 Å². The van der Waals surface area contributed by atoms with Gasteiger partial charge in [0.15, 0.2) is 5.16 Å². The molecule has 0 aliphatic heterocycles. The Hall–Kier alpha value is -0.350.